The zero-order valence-corrected chi connectivity index (χ0v) is 14.8. The zero-order valence-electron chi connectivity index (χ0n) is 11.6. The number of halogens is 2. The van der Waals surface area contributed by atoms with Gasteiger partial charge in [-0.2, -0.15) is 0 Å². The molecule has 1 aliphatic rings. The molecule has 3 rings (SSSR count). The van der Waals surface area contributed by atoms with Gasteiger partial charge in [0.05, 0.1) is 15.1 Å². The number of aryl methyl sites for hydroxylation is 1. The Kier molecular flexibility index (Phi) is 4.61. The molecule has 21 heavy (non-hydrogen) atoms. The van der Waals surface area contributed by atoms with E-state index < -0.39 is 0 Å². The second-order valence-electron chi connectivity index (χ2n) is 5.22. The van der Waals surface area contributed by atoms with Gasteiger partial charge in [-0.3, -0.25) is 4.68 Å². The third-order valence-electron chi connectivity index (χ3n) is 3.24. The molecule has 2 aromatic rings. The number of hydrogen-bond acceptors (Lipinski definition) is 4. The van der Waals surface area contributed by atoms with Crippen LogP contribution in [0, 0.1) is 0 Å². The lowest BCUT2D eigenvalue weighted by atomic mass is 10.2. The molecule has 7 heteroatoms. The summed E-state index contributed by atoms with van der Waals surface area (Å²) in [4.78, 5) is 0. The summed E-state index contributed by atoms with van der Waals surface area (Å²) in [5.41, 5.74) is 2.03. The third kappa shape index (κ3) is 4.05. The van der Waals surface area contributed by atoms with Crippen LogP contribution in [0.4, 0.5) is 0 Å². The van der Waals surface area contributed by atoms with Crippen LogP contribution in [0.1, 0.15) is 24.1 Å². The van der Waals surface area contributed by atoms with Crippen molar-refractivity contribution in [3.63, 3.8) is 0 Å². The summed E-state index contributed by atoms with van der Waals surface area (Å²) in [5.74, 6) is 0.788. The maximum absolute atomic E-state index is 5.83. The molecule has 0 amide bonds. The average molecular weight is 416 g/mol. The molecule has 1 aliphatic carbocycles. The molecule has 1 heterocycles. The predicted molar refractivity (Wildman–Crippen MR) is 87.0 cm³/mol. The molecule has 0 unspecified atom stereocenters. The van der Waals surface area contributed by atoms with Crippen LogP contribution in [-0.2, 0) is 20.2 Å². The van der Waals surface area contributed by atoms with E-state index in [2.05, 4.69) is 59.6 Å². The van der Waals surface area contributed by atoms with E-state index in [0.717, 1.165) is 26.9 Å². The Bertz CT molecular complexity index is 617. The zero-order chi connectivity index (χ0) is 14.8. The van der Waals surface area contributed by atoms with Crippen molar-refractivity contribution in [1.82, 2.24) is 20.3 Å². The number of nitrogens with zero attached hydrogens (tertiary/aromatic N) is 3. The van der Waals surface area contributed by atoms with Crippen molar-refractivity contribution in [2.45, 2.75) is 32.0 Å². The highest BCUT2D eigenvalue weighted by Crippen LogP contribution is 2.35. The number of hydrogen-bond donors (Lipinski definition) is 1. The Morgan fingerprint density at radius 2 is 2.05 bits per heavy atom. The topological polar surface area (TPSA) is 52.0 Å². The van der Waals surface area contributed by atoms with E-state index in [1.165, 1.54) is 18.4 Å². The fourth-order valence-electron chi connectivity index (χ4n) is 2.01. The first-order valence-electron chi connectivity index (χ1n) is 6.81. The van der Waals surface area contributed by atoms with E-state index in [-0.39, 0.29) is 0 Å². The molecular formula is C14H16Br2N4O. The van der Waals surface area contributed by atoms with Gasteiger partial charge in [0.1, 0.15) is 18.1 Å². The second-order valence-corrected chi connectivity index (χ2v) is 6.92. The van der Waals surface area contributed by atoms with Gasteiger partial charge < -0.3 is 10.1 Å². The van der Waals surface area contributed by atoms with E-state index >= 15 is 0 Å². The van der Waals surface area contributed by atoms with Gasteiger partial charge in [0.15, 0.2) is 0 Å². The first kappa shape index (κ1) is 15.0. The molecule has 1 aromatic carbocycles. The van der Waals surface area contributed by atoms with Gasteiger partial charge in [-0.1, -0.05) is 5.21 Å². The number of benzene rings is 1. The summed E-state index contributed by atoms with van der Waals surface area (Å²) in [6.45, 7) is 1.27. The van der Waals surface area contributed by atoms with E-state index in [1.54, 1.807) is 4.68 Å². The van der Waals surface area contributed by atoms with Crippen molar-refractivity contribution in [3.8, 4) is 5.75 Å². The highest BCUT2D eigenvalue weighted by Gasteiger charge is 2.20. The van der Waals surface area contributed by atoms with Crippen LogP contribution >= 0.6 is 31.9 Å². The Morgan fingerprint density at radius 1 is 1.33 bits per heavy atom. The molecular weight excluding hydrogens is 400 g/mol. The van der Waals surface area contributed by atoms with Gasteiger partial charge in [-0.05, 0) is 62.4 Å². The minimum absolute atomic E-state index is 0.394. The van der Waals surface area contributed by atoms with Crippen LogP contribution in [-0.4, -0.2) is 21.0 Å². The Labute approximate surface area is 140 Å². The van der Waals surface area contributed by atoms with Crippen molar-refractivity contribution in [1.29, 1.82) is 0 Å². The normalized spacial score (nSPS) is 14.4. The smallest absolute Gasteiger partial charge is 0.148 e. The van der Waals surface area contributed by atoms with Crippen molar-refractivity contribution < 1.29 is 4.74 Å². The summed E-state index contributed by atoms with van der Waals surface area (Å²) in [7, 11) is 1.84. The fourth-order valence-corrected chi connectivity index (χ4v) is 3.52. The summed E-state index contributed by atoms with van der Waals surface area (Å²) >= 11 is 7.15. The summed E-state index contributed by atoms with van der Waals surface area (Å²) in [6.07, 6.45) is 4.43. The monoisotopic (exact) mass is 414 g/mol. The van der Waals surface area contributed by atoms with E-state index in [1.807, 2.05) is 13.2 Å². The van der Waals surface area contributed by atoms with Gasteiger partial charge in [0.25, 0.3) is 0 Å². The maximum atomic E-state index is 5.83. The van der Waals surface area contributed by atoms with Crippen LogP contribution in [0.15, 0.2) is 27.3 Å². The molecule has 0 radical (unpaired) electrons. The first-order chi connectivity index (χ1) is 10.1. The highest BCUT2D eigenvalue weighted by molar-refractivity contribution is 9.11. The second kappa shape index (κ2) is 6.46. The van der Waals surface area contributed by atoms with Crippen molar-refractivity contribution in [2.24, 2.45) is 7.05 Å². The molecule has 1 saturated carbocycles. The first-order valence-corrected chi connectivity index (χ1v) is 8.39. The summed E-state index contributed by atoms with van der Waals surface area (Å²) in [6, 6.07) is 4.88. The highest BCUT2D eigenvalue weighted by atomic mass is 79.9. The van der Waals surface area contributed by atoms with Crippen LogP contribution in [0.2, 0.25) is 0 Å². The lowest BCUT2D eigenvalue weighted by Crippen LogP contribution is -2.15. The predicted octanol–water partition coefficient (Wildman–Crippen LogP) is 3.17. The minimum atomic E-state index is 0.394. The summed E-state index contributed by atoms with van der Waals surface area (Å²) < 4.78 is 9.37. The quantitative estimate of drug-likeness (QED) is 0.787. The maximum Gasteiger partial charge on any atom is 0.148 e. The summed E-state index contributed by atoms with van der Waals surface area (Å²) in [5, 5.41) is 11.4. The number of aromatic nitrogens is 3. The van der Waals surface area contributed by atoms with Crippen LogP contribution in [0.25, 0.3) is 0 Å². The van der Waals surface area contributed by atoms with Crippen LogP contribution in [0.3, 0.4) is 0 Å². The molecule has 1 N–H and O–H groups in total. The Balaban J connectivity index is 1.66. The molecule has 112 valence electrons. The number of nitrogens with one attached hydrogen (secondary N) is 1. The average Bonchev–Trinajstić information content (AvgIpc) is 3.17. The van der Waals surface area contributed by atoms with E-state index in [4.69, 9.17) is 4.74 Å². The van der Waals surface area contributed by atoms with Gasteiger partial charge in [0, 0.05) is 19.6 Å². The molecule has 0 aliphatic heterocycles. The van der Waals surface area contributed by atoms with Crippen molar-refractivity contribution >= 4 is 31.9 Å². The van der Waals surface area contributed by atoms with Crippen LogP contribution < -0.4 is 10.1 Å². The van der Waals surface area contributed by atoms with Crippen molar-refractivity contribution in [2.75, 3.05) is 0 Å². The van der Waals surface area contributed by atoms with E-state index in [0.29, 0.717) is 12.6 Å². The lowest BCUT2D eigenvalue weighted by Gasteiger charge is -2.12. The standard InChI is InChI=1S/C14H16Br2N4O/c1-20-7-11(18-19-20)8-21-14-12(15)4-9(5-13(14)16)6-17-10-2-3-10/h4-5,7,10,17H,2-3,6,8H2,1H3. The molecule has 0 spiro atoms. The third-order valence-corrected chi connectivity index (χ3v) is 4.42. The fraction of sp³-hybridized carbons (Fsp3) is 0.429. The van der Waals surface area contributed by atoms with Gasteiger partial charge in [0.2, 0.25) is 0 Å². The van der Waals surface area contributed by atoms with Crippen LogP contribution in [0.5, 0.6) is 5.75 Å². The molecule has 0 bridgehead atoms. The Morgan fingerprint density at radius 3 is 2.62 bits per heavy atom. The van der Waals surface area contributed by atoms with Crippen molar-refractivity contribution in [3.05, 3.63) is 38.5 Å². The molecule has 1 fully saturated rings. The van der Waals surface area contributed by atoms with E-state index in [9.17, 15) is 0 Å². The Hall–Kier alpha value is -0.920. The van der Waals surface area contributed by atoms with Gasteiger partial charge >= 0.3 is 0 Å². The molecule has 5 nitrogen and oxygen atoms in total. The number of ether oxygens (including phenoxy) is 1. The largest absolute Gasteiger partial charge is 0.485 e. The lowest BCUT2D eigenvalue weighted by molar-refractivity contribution is 0.297. The molecule has 0 atom stereocenters. The SMILES string of the molecule is Cn1cc(COc2c(Br)cc(CNC3CC3)cc2Br)nn1. The molecule has 0 saturated heterocycles. The molecule has 1 aromatic heterocycles. The van der Waals surface area contributed by atoms with Gasteiger partial charge in [-0.15, -0.1) is 5.10 Å². The van der Waals surface area contributed by atoms with Gasteiger partial charge in [-0.25, -0.2) is 0 Å². The minimum Gasteiger partial charge on any atom is -0.485 e. The number of rotatable bonds is 6.